The first kappa shape index (κ1) is 14.4. The van der Waals surface area contributed by atoms with Crippen molar-refractivity contribution in [3.05, 3.63) is 11.4 Å². The fraction of sp³-hybridized carbons (Fsp3) is 0.615. The number of hydrogen-bond acceptors (Lipinski definition) is 4. The SMILES string of the molecule is CCCCC(=O)Nc1c(C)nc(OCC)nc1C. The summed E-state index contributed by atoms with van der Waals surface area (Å²) in [5.41, 5.74) is 2.16. The lowest BCUT2D eigenvalue weighted by Crippen LogP contribution is -2.15. The fourth-order valence-corrected chi connectivity index (χ4v) is 1.60. The Hall–Kier alpha value is -1.65. The predicted molar refractivity (Wildman–Crippen MR) is 70.8 cm³/mol. The van der Waals surface area contributed by atoms with Crippen LogP contribution in [0.25, 0.3) is 0 Å². The Kier molecular flexibility index (Phi) is 5.55. The van der Waals surface area contributed by atoms with Gasteiger partial charge in [0.25, 0.3) is 0 Å². The average molecular weight is 251 g/mol. The second kappa shape index (κ2) is 6.93. The van der Waals surface area contributed by atoms with E-state index in [-0.39, 0.29) is 5.91 Å². The molecular formula is C13H21N3O2. The first-order valence-corrected chi connectivity index (χ1v) is 6.36. The van der Waals surface area contributed by atoms with Crippen molar-refractivity contribution in [3.8, 4) is 6.01 Å². The Balaban J connectivity index is 2.80. The van der Waals surface area contributed by atoms with Gasteiger partial charge >= 0.3 is 6.01 Å². The molecule has 0 aliphatic carbocycles. The topological polar surface area (TPSA) is 64.1 Å². The van der Waals surface area contributed by atoms with Gasteiger partial charge in [-0.3, -0.25) is 4.79 Å². The van der Waals surface area contributed by atoms with E-state index < -0.39 is 0 Å². The zero-order valence-electron chi connectivity index (χ0n) is 11.5. The number of unbranched alkanes of at least 4 members (excludes halogenated alkanes) is 1. The molecular weight excluding hydrogens is 230 g/mol. The van der Waals surface area contributed by atoms with Gasteiger partial charge in [0.15, 0.2) is 0 Å². The van der Waals surface area contributed by atoms with E-state index in [1.807, 2.05) is 20.8 Å². The molecule has 0 aliphatic heterocycles. The summed E-state index contributed by atoms with van der Waals surface area (Å²) in [6.07, 6.45) is 2.43. The van der Waals surface area contributed by atoms with E-state index in [4.69, 9.17) is 4.74 Å². The first-order valence-electron chi connectivity index (χ1n) is 6.36. The van der Waals surface area contributed by atoms with Crippen molar-refractivity contribution in [1.29, 1.82) is 0 Å². The number of amides is 1. The standard InChI is InChI=1S/C13H21N3O2/c1-5-7-8-11(17)16-12-9(3)14-13(18-6-2)15-10(12)4/h5-8H2,1-4H3,(H,16,17). The van der Waals surface area contributed by atoms with Gasteiger partial charge in [0, 0.05) is 6.42 Å². The van der Waals surface area contributed by atoms with Gasteiger partial charge in [-0.25, -0.2) is 0 Å². The number of aromatic nitrogens is 2. The first-order chi connectivity index (χ1) is 8.58. The van der Waals surface area contributed by atoms with Gasteiger partial charge in [-0.15, -0.1) is 0 Å². The largest absolute Gasteiger partial charge is 0.464 e. The van der Waals surface area contributed by atoms with Crippen molar-refractivity contribution in [1.82, 2.24) is 9.97 Å². The van der Waals surface area contributed by atoms with E-state index in [2.05, 4.69) is 22.2 Å². The van der Waals surface area contributed by atoms with E-state index in [0.29, 0.717) is 24.7 Å². The third-order valence-electron chi connectivity index (χ3n) is 2.55. The number of hydrogen-bond donors (Lipinski definition) is 1. The molecule has 0 atom stereocenters. The molecule has 0 spiro atoms. The molecule has 0 saturated carbocycles. The van der Waals surface area contributed by atoms with Crippen LogP contribution in [0.3, 0.4) is 0 Å². The molecule has 1 rings (SSSR count). The Morgan fingerprint density at radius 1 is 1.22 bits per heavy atom. The second-order valence-electron chi connectivity index (χ2n) is 4.14. The Morgan fingerprint density at radius 3 is 2.33 bits per heavy atom. The molecule has 1 N–H and O–H groups in total. The molecule has 0 aromatic carbocycles. The molecule has 0 bridgehead atoms. The summed E-state index contributed by atoms with van der Waals surface area (Å²) >= 11 is 0. The van der Waals surface area contributed by atoms with E-state index in [0.717, 1.165) is 24.2 Å². The zero-order chi connectivity index (χ0) is 13.5. The van der Waals surface area contributed by atoms with Crippen LogP contribution in [0.4, 0.5) is 5.69 Å². The Morgan fingerprint density at radius 2 is 1.83 bits per heavy atom. The van der Waals surface area contributed by atoms with Crippen molar-refractivity contribution in [3.63, 3.8) is 0 Å². The van der Waals surface area contributed by atoms with E-state index >= 15 is 0 Å². The van der Waals surface area contributed by atoms with Gasteiger partial charge in [-0.2, -0.15) is 9.97 Å². The quantitative estimate of drug-likeness (QED) is 0.844. The molecule has 1 aromatic heterocycles. The average Bonchev–Trinajstić information content (AvgIpc) is 2.31. The maximum atomic E-state index is 11.7. The van der Waals surface area contributed by atoms with Gasteiger partial charge in [0.1, 0.15) is 0 Å². The van der Waals surface area contributed by atoms with Crippen LogP contribution < -0.4 is 10.1 Å². The Bertz CT molecular complexity index is 396. The van der Waals surface area contributed by atoms with E-state index in [1.165, 1.54) is 0 Å². The van der Waals surface area contributed by atoms with Crippen molar-refractivity contribution < 1.29 is 9.53 Å². The fourth-order valence-electron chi connectivity index (χ4n) is 1.60. The number of anilines is 1. The number of ether oxygens (including phenoxy) is 1. The van der Waals surface area contributed by atoms with Crippen LogP contribution in [0.2, 0.25) is 0 Å². The minimum atomic E-state index is 0.0100. The predicted octanol–water partition coefficient (Wildman–Crippen LogP) is 2.62. The normalized spacial score (nSPS) is 10.2. The minimum Gasteiger partial charge on any atom is -0.464 e. The van der Waals surface area contributed by atoms with E-state index in [1.54, 1.807) is 0 Å². The molecule has 1 amide bonds. The number of carbonyl (C=O) groups excluding carboxylic acids is 1. The molecule has 5 heteroatoms. The number of aryl methyl sites for hydroxylation is 2. The molecule has 0 aliphatic rings. The Labute approximate surface area is 108 Å². The van der Waals surface area contributed by atoms with Gasteiger partial charge in [-0.05, 0) is 27.2 Å². The van der Waals surface area contributed by atoms with Gasteiger partial charge in [-0.1, -0.05) is 13.3 Å². The highest BCUT2D eigenvalue weighted by Crippen LogP contribution is 2.19. The molecule has 0 unspecified atom stereocenters. The van der Waals surface area contributed by atoms with Gasteiger partial charge in [0.05, 0.1) is 23.7 Å². The third-order valence-corrected chi connectivity index (χ3v) is 2.55. The summed E-state index contributed by atoms with van der Waals surface area (Å²) in [4.78, 5) is 20.1. The molecule has 0 radical (unpaired) electrons. The van der Waals surface area contributed by atoms with Crippen LogP contribution in [0, 0.1) is 13.8 Å². The molecule has 18 heavy (non-hydrogen) atoms. The van der Waals surface area contributed by atoms with E-state index in [9.17, 15) is 4.79 Å². The third kappa shape index (κ3) is 3.98. The lowest BCUT2D eigenvalue weighted by Gasteiger charge is -2.11. The lowest BCUT2D eigenvalue weighted by molar-refractivity contribution is -0.116. The van der Waals surface area contributed by atoms with Crippen LogP contribution in [0.1, 0.15) is 44.5 Å². The van der Waals surface area contributed by atoms with Crippen molar-refractivity contribution >= 4 is 11.6 Å². The monoisotopic (exact) mass is 251 g/mol. The summed E-state index contributed by atoms with van der Waals surface area (Å²) in [6, 6.07) is 0.360. The highest BCUT2D eigenvalue weighted by atomic mass is 16.5. The van der Waals surface area contributed by atoms with Crippen molar-refractivity contribution in [2.45, 2.75) is 47.0 Å². The summed E-state index contributed by atoms with van der Waals surface area (Å²) in [5, 5.41) is 2.86. The van der Waals surface area contributed by atoms with Crippen LogP contribution >= 0.6 is 0 Å². The maximum absolute atomic E-state index is 11.7. The zero-order valence-corrected chi connectivity index (χ0v) is 11.5. The van der Waals surface area contributed by atoms with Gasteiger partial charge in [0.2, 0.25) is 5.91 Å². The summed E-state index contributed by atoms with van der Waals surface area (Å²) in [5.74, 6) is 0.0100. The highest BCUT2D eigenvalue weighted by molar-refractivity contribution is 5.91. The molecule has 0 saturated heterocycles. The minimum absolute atomic E-state index is 0.0100. The smallest absolute Gasteiger partial charge is 0.316 e. The van der Waals surface area contributed by atoms with Crippen LogP contribution in [0.5, 0.6) is 6.01 Å². The second-order valence-corrected chi connectivity index (χ2v) is 4.14. The van der Waals surface area contributed by atoms with Crippen LogP contribution in [-0.4, -0.2) is 22.5 Å². The summed E-state index contributed by atoms with van der Waals surface area (Å²) in [6.45, 7) is 8.15. The molecule has 1 heterocycles. The lowest BCUT2D eigenvalue weighted by atomic mass is 10.2. The molecule has 100 valence electrons. The summed E-state index contributed by atoms with van der Waals surface area (Å²) < 4.78 is 5.26. The number of carbonyl (C=O) groups is 1. The molecule has 5 nitrogen and oxygen atoms in total. The molecule has 1 aromatic rings. The number of nitrogens with zero attached hydrogens (tertiary/aromatic N) is 2. The van der Waals surface area contributed by atoms with Crippen molar-refractivity contribution in [2.75, 3.05) is 11.9 Å². The van der Waals surface area contributed by atoms with Gasteiger partial charge < -0.3 is 10.1 Å². The van der Waals surface area contributed by atoms with Crippen molar-refractivity contribution in [2.24, 2.45) is 0 Å². The summed E-state index contributed by atoms with van der Waals surface area (Å²) in [7, 11) is 0. The number of nitrogens with one attached hydrogen (secondary N) is 1. The van der Waals surface area contributed by atoms with Crippen LogP contribution in [-0.2, 0) is 4.79 Å². The molecule has 0 fully saturated rings. The maximum Gasteiger partial charge on any atom is 0.316 e. The van der Waals surface area contributed by atoms with Crippen LogP contribution in [0.15, 0.2) is 0 Å². The number of rotatable bonds is 6. The highest BCUT2D eigenvalue weighted by Gasteiger charge is 2.11.